The Hall–Kier alpha value is -3.86. The average Bonchev–Trinajstić information content (AvgIpc) is 3.45. The van der Waals surface area contributed by atoms with Crippen LogP contribution in [0.25, 0.3) is 21.6 Å². The zero-order chi connectivity index (χ0) is 24.1. The third-order valence-corrected chi connectivity index (χ3v) is 5.93. The number of benzene rings is 1. The van der Waals surface area contributed by atoms with Gasteiger partial charge >= 0.3 is 0 Å². The fourth-order valence-electron chi connectivity index (χ4n) is 3.03. The first-order valence-corrected chi connectivity index (χ1v) is 11.7. The molecule has 0 saturated heterocycles. The summed E-state index contributed by atoms with van der Waals surface area (Å²) in [6, 6.07) is 8.66. The summed E-state index contributed by atoms with van der Waals surface area (Å²) in [7, 11) is 0. The van der Waals surface area contributed by atoms with Crippen LogP contribution < -0.4 is 15.4 Å². The molecule has 3 aromatic heterocycles. The number of ether oxygens (including phenoxy) is 1. The third-order valence-electron chi connectivity index (χ3n) is 4.95. The normalized spacial score (nSPS) is 11.9. The number of amides is 2. The number of aromatic nitrogens is 4. The summed E-state index contributed by atoms with van der Waals surface area (Å²) >= 11 is 1.31. The van der Waals surface area contributed by atoms with E-state index in [1.54, 1.807) is 43.5 Å². The van der Waals surface area contributed by atoms with Gasteiger partial charge in [-0.05, 0) is 31.5 Å². The lowest BCUT2D eigenvalue weighted by atomic mass is 10.1. The quantitative estimate of drug-likeness (QED) is 0.368. The number of thiazole rings is 1. The second-order valence-electron chi connectivity index (χ2n) is 7.59. The molecule has 10 nitrogen and oxygen atoms in total. The number of nitrogens with zero attached hydrogens (tertiary/aromatic N) is 4. The Bertz CT molecular complexity index is 1320. The van der Waals surface area contributed by atoms with E-state index in [0.29, 0.717) is 39.4 Å². The van der Waals surface area contributed by atoms with Crippen LogP contribution in [0, 0.1) is 6.92 Å². The van der Waals surface area contributed by atoms with Gasteiger partial charge in [0.15, 0.2) is 5.13 Å². The molecule has 0 saturated carbocycles. The number of aryl methyl sites for hydroxylation is 1. The number of pyridine rings is 1. The Balaban J connectivity index is 1.32. The highest BCUT2D eigenvalue weighted by atomic mass is 32.1. The molecule has 34 heavy (non-hydrogen) atoms. The zero-order valence-electron chi connectivity index (χ0n) is 19.0. The standard InChI is InChI=1S/C23H24N6O4S/c1-4-13(2)32-22-19-17(8-10-25-22)27-23(34-19)28-18(30)9-11-24-21(31)16-7-5-6-15(12-16)20-26-14(3)33-29-20/h5-8,10,12-13H,4,9,11H2,1-3H3,(H,24,31)(H,27,28,30). The maximum absolute atomic E-state index is 12.5. The molecule has 0 fully saturated rings. The Morgan fingerprint density at radius 2 is 2.09 bits per heavy atom. The number of nitrogens with one attached hydrogen (secondary N) is 2. The van der Waals surface area contributed by atoms with E-state index in [-0.39, 0.29) is 30.9 Å². The second kappa shape index (κ2) is 10.4. The molecule has 0 aliphatic carbocycles. The monoisotopic (exact) mass is 480 g/mol. The summed E-state index contributed by atoms with van der Waals surface area (Å²) < 4.78 is 11.6. The number of carbonyl (C=O) groups is 2. The Labute approximate surface area is 199 Å². The lowest BCUT2D eigenvalue weighted by Crippen LogP contribution is -2.27. The van der Waals surface area contributed by atoms with Crippen LogP contribution in [0.3, 0.4) is 0 Å². The molecule has 1 atom stereocenters. The van der Waals surface area contributed by atoms with Crippen molar-refractivity contribution in [3.05, 3.63) is 48.0 Å². The van der Waals surface area contributed by atoms with Gasteiger partial charge in [-0.1, -0.05) is 35.5 Å². The first kappa shape index (κ1) is 23.3. The number of hydrogen-bond acceptors (Lipinski definition) is 9. The predicted molar refractivity (Wildman–Crippen MR) is 128 cm³/mol. The van der Waals surface area contributed by atoms with Crippen molar-refractivity contribution in [1.29, 1.82) is 0 Å². The third kappa shape index (κ3) is 5.54. The predicted octanol–water partition coefficient (Wildman–Crippen LogP) is 3.99. The number of anilines is 1. The summed E-state index contributed by atoms with van der Waals surface area (Å²) in [6.45, 7) is 5.88. The van der Waals surface area contributed by atoms with Crippen molar-refractivity contribution < 1.29 is 18.8 Å². The molecule has 0 aliphatic heterocycles. The van der Waals surface area contributed by atoms with Gasteiger partial charge in [-0.2, -0.15) is 4.98 Å². The van der Waals surface area contributed by atoms with E-state index in [9.17, 15) is 9.59 Å². The van der Waals surface area contributed by atoms with Gasteiger partial charge in [-0.15, -0.1) is 0 Å². The molecule has 0 radical (unpaired) electrons. The summed E-state index contributed by atoms with van der Waals surface area (Å²) in [5.41, 5.74) is 1.82. The highest BCUT2D eigenvalue weighted by molar-refractivity contribution is 7.22. The number of hydrogen-bond donors (Lipinski definition) is 2. The zero-order valence-corrected chi connectivity index (χ0v) is 19.8. The smallest absolute Gasteiger partial charge is 0.251 e. The molecule has 1 unspecified atom stereocenters. The van der Waals surface area contributed by atoms with E-state index in [4.69, 9.17) is 9.26 Å². The first-order valence-electron chi connectivity index (χ1n) is 10.8. The molecule has 11 heteroatoms. The van der Waals surface area contributed by atoms with Crippen LogP contribution in [0.15, 0.2) is 41.1 Å². The lowest BCUT2D eigenvalue weighted by molar-refractivity contribution is -0.116. The van der Waals surface area contributed by atoms with E-state index in [2.05, 4.69) is 30.7 Å². The number of rotatable bonds is 9. The van der Waals surface area contributed by atoms with Crippen molar-refractivity contribution in [2.45, 2.75) is 39.7 Å². The topological polar surface area (TPSA) is 132 Å². The van der Waals surface area contributed by atoms with Crippen LogP contribution in [-0.4, -0.2) is 44.6 Å². The van der Waals surface area contributed by atoms with Crippen molar-refractivity contribution >= 4 is 38.5 Å². The van der Waals surface area contributed by atoms with E-state index in [1.807, 2.05) is 13.8 Å². The molecule has 4 aromatic rings. The summed E-state index contributed by atoms with van der Waals surface area (Å²) in [5.74, 6) is 0.811. The van der Waals surface area contributed by atoms with Gasteiger partial charge < -0.3 is 19.9 Å². The maximum Gasteiger partial charge on any atom is 0.251 e. The van der Waals surface area contributed by atoms with E-state index < -0.39 is 0 Å². The van der Waals surface area contributed by atoms with Gasteiger partial charge in [-0.25, -0.2) is 9.97 Å². The molecule has 1 aromatic carbocycles. The van der Waals surface area contributed by atoms with Crippen molar-refractivity contribution in [2.24, 2.45) is 0 Å². The molecule has 0 spiro atoms. The molecular formula is C23H24N6O4S. The van der Waals surface area contributed by atoms with Crippen molar-refractivity contribution in [3.8, 4) is 17.3 Å². The minimum Gasteiger partial charge on any atom is -0.474 e. The van der Waals surface area contributed by atoms with Gasteiger partial charge in [0.2, 0.25) is 23.5 Å². The van der Waals surface area contributed by atoms with Gasteiger partial charge in [0, 0.05) is 37.2 Å². The highest BCUT2D eigenvalue weighted by Gasteiger charge is 2.15. The number of fused-ring (bicyclic) bond motifs is 1. The minimum atomic E-state index is -0.298. The SMILES string of the molecule is CCC(C)Oc1nccc2nc(NC(=O)CCNC(=O)c3cccc(-c4noc(C)n4)c3)sc12. The first-order chi connectivity index (χ1) is 16.4. The molecule has 2 N–H and O–H groups in total. The fraction of sp³-hybridized carbons (Fsp3) is 0.304. The molecule has 0 aliphatic rings. The molecular weight excluding hydrogens is 456 g/mol. The van der Waals surface area contributed by atoms with Gasteiger partial charge in [-0.3, -0.25) is 9.59 Å². The maximum atomic E-state index is 12.5. The average molecular weight is 481 g/mol. The summed E-state index contributed by atoms with van der Waals surface area (Å²) in [4.78, 5) is 37.8. The number of carbonyl (C=O) groups excluding carboxylic acids is 2. The molecule has 4 rings (SSSR count). The Morgan fingerprint density at radius 1 is 1.24 bits per heavy atom. The van der Waals surface area contributed by atoms with E-state index in [1.165, 1.54) is 11.3 Å². The molecule has 176 valence electrons. The van der Waals surface area contributed by atoms with Gasteiger partial charge in [0.25, 0.3) is 5.91 Å². The van der Waals surface area contributed by atoms with Crippen LogP contribution in [0.1, 0.15) is 42.9 Å². The van der Waals surface area contributed by atoms with Gasteiger partial charge in [0.1, 0.15) is 4.70 Å². The van der Waals surface area contributed by atoms with Crippen molar-refractivity contribution in [3.63, 3.8) is 0 Å². The van der Waals surface area contributed by atoms with Crippen molar-refractivity contribution in [2.75, 3.05) is 11.9 Å². The van der Waals surface area contributed by atoms with Gasteiger partial charge in [0.05, 0.1) is 11.6 Å². The van der Waals surface area contributed by atoms with E-state index in [0.717, 1.165) is 11.1 Å². The second-order valence-corrected chi connectivity index (χ2v) is 8.59. The Kier molecular flexibility index (Phi) is 7.12. The summed E-state index contributed by atoms with van der Waals surface area (Å²) in [5, 5.41) is 9.85. The summed E-state index contributed by atoms with van der Waals surface area (Å²) in [6.07, 6.45) is 2.61. The minimum absolute atomic E-state index is 0.0267. The fourth-order valence-corrected chi connectivity index (χ4v) is 3.94. The molecule has 3 heterocycles. The van der Waals surface area contributed by atoms with Crippen LogP contribution in [0.4, 0.5) is 5.13 Å². The molecule has 2 amide bonds. The van der Waals surface area contributed by atoms with Crippen LogP contribution in [0.5, 0.6) is 5.88 Å². The van der Waals surface area contributed by atoms with E-state index >= 15 is 0 Å². The lowest BCUT2D eigenvalue weighted by Gasteiger charge is -2.11. The van der Waals surface area contributed by atoms with Crippen molar-refractivity contribution in [1.82, 2.24) is 25.4 Å². The highest BCUT2D eigenvalue weighted by Crippen LogP contribution is 2.32. The largest absolute Gasteiger partial charge is 0.474 e. The molecule has 0 bridgehead atoms. The van der Waals surface area contributed by atoms with Crippen LogP contribution >= 0.6 is 11.3 Å². The Morgan fingerprint density at radius 3 is 2.85 bits per heavy atom. The van der Waals surface area contributed by atoms with Crippen LogP contribution in [0.2, 0.25) is 0 Å². The van der Waals surface area contributed by atoms with Crippen LogP contribution in [-0.2, 0) is 4.79 Å².